The molecule has 1 aromatic carbocycles. The average molecular weight is 200 g/mol. The lowest BCUT2D eigenvalue weighted by atomic mass is 10.0. The number of nitrogens with two attached hydrogens (primary N) is 1. The van der Waals surface area contributed by atoms with Crippen molar-refractivity contribution >= 4 is 10.9 Å². The van der Waals surface area contributed by atoms with Crippen LogP contribution in [0.5, 0.6) is 0 Å². The second-order valence-corrected chi connectivity index (χ2v) is 4.09. The molecule has 0 bridgehead atoms. The highest BCUT2D eigenvalue weighted by atomic mass is 16.1. The van der Waals surface area contributed by atoms with Crippen molar-refractivity contribution in [2.75, 3.05) is 0 Å². The molecule has 3 nitrogen and oxygen atoms in total. The average Bonchev–Trinajstić information content (AvgIpc) is 2.50. The van der Waals surface area contributed by atoms with Crippen LogP contribution in [0, 0.1) is 0 Å². The summed E-state index contributed by atoms with van der Waals surface area (Å²) < 4.78 is 1.80. The van der Waals surface area contributed by atoms with Gasteiger partial charge in [-0.3, -0.25) is 4.79 Å². The van der Waals surface area contributed by atoms with E-state index in [0.717, 1.165) is 16.5 Å². The molecule has 0 unspecified atom stereocenters. The van der Waals surface area contributed by atoms with Gasteiger partial charge in [-0.15, -0.1) is 0 Å². The fourth-order valence-corrected chi connectivity index (χ4v) is 2.44. The zero-order chi connectivity index (χ0) is 10.6. The van der Waals surface area contributed by atoms with Crippen LogP contribution in [0.1, 0.15) is 24.6 Å². The van der Waals surface area contributed by atoms with Gasteiger partial charge in [0.1, 0.15) is 0 Å². The van der Waals surface area contributed by atoms with Crippen molar-refractivity contribution in [2.45, 2.75) is 19.0 Å². The number of para-hydroxylation sites is 1. The Morgan fingerprint density at radius 2 is 2.07 bits per heavy atom. The number of hydrogen-bond acceptors (Lipinski definition) is 2. The Morgan fingerprint density at radius 1 is 1.27 bits per heavy atom. The summed E-state index contributed by atoms with van der Waals surface area (Å²) in [6.07, 6.45) is 0. The van der Waals surface area contributed by atoms with Gasteiger partial charge in [0.25, 0.3) is 5.56 Å². The molecule has 0 amide bonds. The summed E-state index contributed by atoms with van der Waals surface area (Å²) in [5.41, 5.74) is 8.22. The lowest BCUT2D eigenvalue weighted by Gasteiger charge is -2.12. The van der Waals surface area contributed by atoms with Crippen LogP contribution in [0.15, 0.2) is 35.1 Å². The standard InChI is InChI=1S/C12H12N2O/c1-7-11(13)9-4-2-3-8-5-6-10(15)14(7)12(8)9/h2-7,11H,13H2,1H3/t7-,11-/m0/s1. The summed E-state index contributed by atoms with van der Waals surface area (Å²) in [5.74, 6) is 0. The minimum atomic E-state index is -0.0659. The number of hydrogen-bond donors (Lipinski definition) is 1. The van der Waals surface area contributed by atoms with Gasteiger partial charge in [-0.05, 0) is 23.9 Å². The van der Waals surface area contributed by atoms with Gasteiger partial charge in [-0.1, -0.05) is 18.2 Å². The van der Waals surface area contributed by atoms with E-state index in [9.17, 15) is 4.79 Å². The van der Waals surface area contributed by atoms with E-state index in [2.05, 4.69) is 0 Å². The molecule has 0 fully saturated rings. The quantitative estimate of drug-likeness (QED) is 0.701. The van der Waals surface area contributed by atoms with Crippen LogP contribution in [0.4, 0.5) is 0 Å². The van der Waals surface area contributed by atoms with E-state index in [4.69, 9.17) is 5.73 Å². The number of benzene rings is 1. The molecule has 1 aliphatic rings. The van der Waals surface area contributed by atoms with Gasteiger partial charge in [-0.25, -0.2) is 0 Å². The molecule has 0 radical (unpaired) electrons. The predicted molar refractivity (Wildman–Crippen MR) is 59.8 cm³/mol. The van der Waals surface area contributed by atoms with Gasteiger partial charge in [0.05, 0.1) is 17.6 Å². The largest absolute Gasteiger partial charge is 0.322 e. The minimum Gasteiger partial charge on any atom is -0.322 e. The van der Waals surface area contributed by atoms with E-state index >= 15 is 0 Å². The van der Waals surface area contributed by atoms with E-state index in [1.54, 1.807) is 10.6 Å². The van der Waals surface area contributed by atoms with Crippen LogP contribution < -0.4 is 11.3 Å². The van der Waals surface area contributed by atoms with E-state index in [1.807, 2.05) is 31.2 Å². The number of pyridine rings is 1. The van der Waals surface area contributed by atoms with Crippen molar-refractivity contribution < 1.29 is 0 Å². The third-order valence-corrected chi connectivity index (χ3v) is 3.27. The zero-order valence-electron chi connectivity index (χ0n) is 8.47. The maximum atomic E-state index is 11.8. The smallest absolute Gasteiger partial charge is 0.251 e. The van der Waals surface area contributed by atoms with Crippen molar-refractivity contribution in [2.24, 2.45) is 5.73 Å². The van der Waals surface area contributed by atoms with Crippen molar-refractivity contribution in [3.8, 4) is 0 Å². The molecule has 0 aliphatic carbocycles. The first kappa shape index (κ1) is 8.68. The van der Waals surface area contributed by atoms with E-state index in [0.29, 0.717) is 0 Å². The molecular weight excluding hydrogens is 188 g/mol. The van der Waals surface area contributed by atoms with Gasteiger partial charge in [0.15, 0.2) is 0 Å². The second-order valence-electron chi connectivity index (χ2n) is 4.09. The molecule has 1 aromatic heterocycles. The van der Waals surface area contributed by atoms with E-state index < -0.39 is 0 Å². The number of rotatable bonds is 0. The highest BCUT2D eigenvalue weighted by Gasteiger charge is 2.28. The summed E-state index contributed by atoms with van der Waals surface area (Å²) in [6, 6.07) is 9.47. The third-order valence-electron chi connectivity index (χ3n) is 3.27. The van der Waals surface area contributed by atoms with E-state index in [-0.39, 0.29) is 17.6 Å². The molecule has 0 saturated heterocycles. The molecule has 2 aromatic rings. The molecule has 15 heavy (non-hydrogen) atoms. The monoisotopic (exact) mass is 200 g/mol. The molecule has 2 heterocycles. The third kappa shape index (κ3) is 0.957. The van der Waals surface area contributed by atoms with Gasteiger partial charge >= 0.3 is 0 Å². The van der Waals surface area contributed by atoms with Gasteiger partial charge in [0, 0.05) is 6.07 Å². The molecular formula is C12H12N2O. The van der Waals surface area contributed by atoms with Crippen LogP contribution in [0.3, 0.4) is 0 Å². The molecule has 76 valence electrons. The number of nitrogens with zero attached hydrogens (tertiary/aromatic N) is 1. The highest BCUT2D eigenvalue weighted by molar-refractivity contribution is 5.84. The Labute approximate surface area is 87.1 Å². The summed E-state index contributed by atoms with van der Waals surface area (Å²) in [4.78, 5) is 11.8. The van der Waals surface area contributed by atoms with Crippen molar-refractivity contribution in [1.29, 1.82) is 0 Å². The minimum absolute atomic E-state index is 0.0374. The van der Waals surface area contributed by atoms with Crippen molar-refractivity contribution in [3.63, 3.8) is 0 Å². The van der Waals surface area contributed by atoms with E-state index in [1.165, 1.54) is 0 Å². The SMILES string of the molecule is C[C@H]1[C@H](N)c2cccc3ccc(=O)n1c23. The fourth-order valence-electron chi connectivity index (χ4n) is 2.44. The van der Waals surface area contributed by atoms with Crippen LogP contribution in [-0.2, 0) is 0 Å². The Morgan fingerprint density at radius 3 is 2.87 bits per heavy atom. The first-order chi connectivity index (χ1) is 7.20. The molecule has 2 atom stereocenters. The molecule has 3 heteroatoms. The molecule has 3 rings (SSSR count). The summed E-state index contributed by atoms with van der Waals surface area (Å²) in [7, 11) is 0. The van der Waals surface area contributed by atoms with Gasteiger partial charge in [-0.2, -0.15) is 0 Å². The molecule has 0 spiro atoms. The number of aromatic nitrogens is 1. The molecule has 1 aliphatic heterocycles. The highest BCUT2D eigenvalue weighted by Crippen LogP contribution is 2.36. The Hall–Kier alpha value is -1.61. The van der Waals surface area contributed by atoms with Crippen LogP contribution in [-0.4, -0.2) is 4.57 Å². The maximum absolute atomic E-state index is 11.8. The first-order valence-electron chi connectivity index (χ1n) is 5.10. The van der Waals surface area contributed by atoms with Gasteiger partial charge < -0.3 is 10.3 Å². The Balaban J connectivity index is 2.57. The summed E-state index contributed by atoms with van der Waals surface area (Å²) in [6.45, 7) is 1.99. The van der Waals surface area contributed by atoms with Crippen molar-refractivity contribution in [1.82, 2.24) is 4.57 Å². The molecule has 0 saturated carbocycles. The summed E-state index contributed by atoms with van der Waals surface area (Å²) in [5, 5.41) is 1.09. The normalized spacial score (nSPS) is 23.6. The maximum Gasteiger partial charge on any atom is 0.251 e. The lowest BCUT2D eigenvalue weighted by molar-refractivity contribution is 0.488. The predicted octanol–water partition coefficient (Wildman–Crippen LogP) is 1.58. The first-order valence-corrected chi connectivity index (χ1v) is 5.10. The van der Waals surface area contributed by atoms with Crippen LogP contribution >= 0.6 is 0 Å². The van der Waals surface area contributed by atoms with Gasteiger partial charge in [0.2, 0.25) is 0 Å². The Kier molecular flexibility index (Phi) is 1.56. The van der Waals surface area contributed by atoms with Crippen molar-refractivity contribution in [3.05, 3.63) is 46.2 Å². The molecule has 2 N–H and O–H groups in total. The topological polar surface area (TPSA) is 48.0 Å². The fraction of sp³-hybridized carbons (Fsp3) is 0.250. The van der Waals surface area contributed by atoms with Crippen LogP contribution in [0.2, 0.25) is 0 Å². The van der Waals surface area contributed by atoms with Crippen LogP contribution in [0.25, 0.3) is 10.9 Å². The Bertz CT molecular complexity index is 600. The second kappa shape index (κ2) is 2.70. The summed E-state index contributed by atoms with van der Waals surface area (Å²) >= 11 is 0. The zero-order valence-corrected chi connectivity index (χ0v) is 8.47. The lowest BCUT2D eigenvalue weighted by Crippen LogP contribution is -2.23.